The van der Waals surface area contributed by atoms with Crippen LogP contribution >= 0.6 is 0 Å². The summed E-state index contributed by atoms with van der Waals surface area (Å²) in [6, 6.07) is 0.568. The Morgan fingerprint density at radius 2 is 1.89 bits per heavy atom. The standard InChI is InChI=1S/C13H25N3O2/c1-11(2)15-4-6-16(7-5-15)12(17)8-18-13(3)9-14-10-13/h11,14H,4-10H2,1-3H3. The molecule has 2 saturated heterocycles. The molecule has 0 aromatic rings. The number of carbonyl (C=O) groups excluding carboxylic acids is 1. The van der Waals surface area contributed by atoms with Crippen LogP contribution in [-0.2, 0) is 9.53 Å². The van der Waals surface area contributed by atoms with Gasteiger partial charge in [0.15, 0.2) is 0 Å². The zero-order chi connectivity index (χ0) is 13.2. The number of rotatable bonds is 4. The number of nitrogens with zero attached hydrogens (tertiary/aromatic N) is 2. The van der Waals surface area contributed by atoms with Crippen LogP contribution in [0.25, 0.3) is 0 Å². The van der Waals surface area contributed by atoms with Gasteiger partial charge in [-0.25, -0.2) is 0 Å². The first-order chi connectivity index (χ1) is 8.50. The highest BCUT2D eigenvalue weighted by Gasteiger charge is 2.33. The fourth-order valence-corrected chi connectivity index (χ4v) is 2.39. The lowest BCUT2D eigenvalue weighted by atomic mass is 10.0. The van der Waals surface area contributed by atoms with E-state index in [-0.39, 0.29) is 18.1 Å². The molecule has 2 aliphatic rings. The van der Waals surface area contributed by atoms with Crippen molar-refractivity contribution in [1.82, 2.24) is 15.1 Å². The Morgan fingerprint density at radius 3 is 2.33 bits per heavy atom. The Hall–Kier alpha value is -0.650. The van der Waals surface area contributed by atoms with E-state index in [2.05, 4.69) is 24.1 Å². The van der Waals surface area contributed by atoms with Crippen molar-refractivity contribution in [2.45, 2.75) is 32.4 Å². The Labute approximate surface area is 109 Å². The predicted molar refractivity (Wildman–Crippen MR) is 70.5 cm³/mol. The second-order valence-corrected chi connectivity index (χ2v) is 5.85. The molecule has 0 radical (unpaired) electrons. The summed E-state index contributed by atoms with van der Waals surface area (Å²) in [5.74, 6) is 0.131. The molecule has 2 aliphatic heterocycles. The van der Waals surface area contributed by atoms with Crippen LogP contribution in [0.2, 0.25) is 0 Å². The predicted octanol–water partition coefficient (Wildman–Crippen LogP) is -0.0825. The van der Waals surface area contributed by atoms with Crippen molar-refractivity contribution in [3.63, 3.8) is 0 Å². The third kappa shape index (κ3) is 3.22. The third-order valence-electron chi connectivity index (χ3n) is 3.94. The summed E-state index contributed by atoms with van der Waals surface area (Å²) < 4.78 is 5.69. The van der Waals surface area contributed by atoms with Gasteiger partial charge in [0, 0.05) is 45.3 Å². The topological polar surface area (TPSA) is 44.8 Å². The molecule has 1 N–H and O–H groups in total. The Kier molecular flexibility index (Phi) is 4.25. The van der Waals surface area contributed by atoms with Gasteiger partial charge in [-0.05, 0) is 20.8 Å². The van der Waals surface area contributed by atoms with Crippen molar-refractivity contribution in [3.05, 3.63) is 0 Å². The summed E-state index contributed by atoms with van der Waals surface area (Å²) in [4.78, 5) is 16.4. The van der Waals surface area contributed by atoms with Gasteiger partial charge in [-0.3, -0.25) is 9.69 Å². The molecule has 2 heterocycles. The average molecular weight is 255 g/mol. The molecule has 0 aliphatic carbocycles. The van der Waals surface area contributed by atoms with E-state index in [1.807, 2.05) is 11.8 Å². The van der Waals surface area contributed by atoms with Crippen molar-refractivity contribution in [3.8, 4) is 0 Å². The van der Waals surface area contributed by atoms with Crippen molar-refractivity contribution < 1.29 is 9.53 Å². The molecule has 0 spiro atoms. The van der Waals surface area contributed by atoms with E-state index in [1.54, 1.807) is 0 Å². The quantitative estimate of drug-likeness (QED) is 0.763. The molecule has 5 nitrogen and oxygen atoms in total. The summed E-state index contributed by atoms with van der Waals surface area (Å²) in [5, 5.41) is 3.17. The Morgan fingerprint density at radius 1 is 1.28 bits per heavy atom. The van der Waals surface area contributed by atoms with Crippen LogP contribution in [0.3, 0.4) is 0 Å². The van der Waals surface area contributed by atoms with Crippen molar-refractivity contribution >= 4 is 5.91 Å². The lowest BCUT2D eigenvalue weighted by molar-refractivity contribution is -0.147. The van der Waals surface area contributed by atoms with Gasteiger partial charge in [-0.1, -0.05) is 0 Å². The third-order valence-corrected chi connectivity index (χ3v) is 3.94. The molecule has 0 aromatic heterocycles. The first-order valence-electron chi connectivity index (χ1n) is 6.87. The van der Waals surface area contributed by atoms with Crippen LogP contribution < -0.4 is 5.32 Å². The fourth-order valence-electron chi connectivity index (χ4n) is 2.39. The average Bonchev–Trinajstić information content (AvgIpc) is 2.33. The molecule has 2 fully saturated rings. The van der Waals surface area contributed by atoms with Crippen LogP contribution in [0.15, 0.2) is 0 Å². The maximum atomic E-state index is 12.0. The number of nitrogens with one attached hydrogen (secondary N) is 1. The van der Waals surface area contributed by atoms with Crippen LogP contribution in [0, 0.1) is 0 Å². The van der Waals surface area contributed by atoms with Crippen molar-refractivity contribution in [2.24, 2.45) is 0 Å². The maximum absolute atomic E-state index is 12.0. The van der Waals surface area contributed by atoms with Crippen molar-refractivity contribution in [2.75, 3.05) is 45.9 Å². The number of hydrogen-bond donors (Lipinski definition) is 1. The molecule has 1 amide bonds. The van der Waals surface area contributed by atoms with E-state index in [9.17, 15) is 4.79 Å². The van der Waals surface area contributed by atoms with Gasteiger partial charge < -0.3 is 15.0 Å². The smallest absolute Gasteiger partial charge is 0.248 e. The van der Waals surface area contributed by atoms with Crippen LogP contribution in [-0.4, -0.2) is 73.2 Å². The van der Waals surface area contributed by atoms with Crippen LogP contribution in [0.4, 0.5) is 0 Å². The molecule has 0 aromatic carbocycles. The number of piperazine rings is 1. The first kappa shape index (κ1) is 13.8. The van der Waals surface area contributed by atoms with Gasteiger partial charge in [0.2, 0.25) is 5.91 Å². The Balaban J connectivity index is 1.70. The summed E-state index contributed by atoms with van der Waals surface area (Å²) >= 11 is 0. The summed E-state index contributed by atoms with van der Waals surface area (Å²) in [6.45, 7) is 12.0. The molecule has 2 rings (SSSR count). The minimum atomic E-state index is -0.130. The number of carbonyl (C=O) groups is 1. The normalized spacial score (nSPS) is 24.1. The lowest BCUT2D eigenvalue weighted by Crippen LogP contribution is -2.60. The number of ether oxygens (including phenoxy) is 1. The van der Waals surface area contributed by atoms with Crippen LogP contribution in [0.5, 0.6) is 0 Å². The molecule has 0 unspecified atom stereocenters. The number of hydrogen-bond acceptors (Lipinski definition) is 4. The van der Waals surface area contributed by atoms with E-state index in [0.717, 1.165) is 39.3 Å². The van der Waals surface area contributed by atoms with E-state index < -0.39 is 0 Å². The molecule has 0 saturated carbocycles. The fraction of sp³-hybridized carbons (Fsp3) is 0.923. The van der Waals surface area contributed by atoms with E-state index in [4.69, 9.17) is 4.74 Å². The highest BCUT2D eigenvalue weighted by molar-refractivity contribution is 5.77. The van der Waals surface area contributed by atoms with Crippen molar-refractivity contribution in [1.29, 1.82) is 0 Å². The van der Waals surface area contributed by atoms with Gasteiger partial charge in [0.25, 0.3) is 0 Å². The second-order valence-electron chi connectivity index (χ2n) is 5.85. The van der Waals surface area contributed by atoms with E-state index in [1.165, 1.54) is 0 Å². The molecule has 5 heteroatoms. The number of amides is 1. The molecule has 18 heavy (non-hydrogen) atoms. The van der Waals surface area contributed by atoms with E-state index in [0.29, 0.717) is 6.04 Å². The first-order valence-corrected chi connectivity index (χ1v) is 6.87. The molecular formula is C13H25N3O2. The highest BCUT2D eigenvalue weighted by Crippen LogP contribution is 2.15. The van der Waals surface area contributed by atoms with Gasteiger partial charge in [-0.2, -0.15) is 0 Å². The van der Waals surface area contributed by atoms with Gasteiger partial charge >= 0.3 is 0 Å². The molecule has 0 atom stereocenters. The molecule has 104 valence electrons. The van der Waals surface area contributed by atoms with E-state index >= 15 is 0 Å². The van der Waals surface area contributed by atoms with Gasteiger partial charge in [0.1, 0.15) is 6.61 Å². The van der Waals surface area contributed by atoms with Gasteiger partial charge in [-0.15, -0.1) is 0 Å². The molecular weight excluding hydrogens is 230 g/mol. The summed E-state index contributed by atoms with van der Waals surface area (Å²) in [5.41, 5.74) is -0.130. The highest BCUT2D eigenvalue weighted by atomic mass is 16.5. The van der Waals surface area contributed by atoms with Crippen LogP contribution in [0.1, 0.15) is 20.8 Å². The minimum absolute atomic E-state index is 0.130. The zero-order valence-electron chi connectivity index (χ0n) is 11.7. The summed E-state index contributed by atoms with van der Waals surface area (Å²) in [6.07, 6.45) is 0. The SMILES string of the molecule is CC(C)N1CCN(C(=O)COC2(C)CNC2)CC1. The summed E-state index contributed by atoms with van der Waals surface area (Å²) in [7, 11) is 0. The monoisotopic (exact) mass is 255 g/mol. The zero-order valence-corrected chi connectivity index (χ0v) is 11.7. The maximum Gasteiger partial charge on any atom is 0.248 e. The largest absolute Gasteiger partial charge is 0.363 e. The second kappa shape index (κ2) is 5.55. The molecule has 0 bridgehead atoms. The lowest BCUT2D eigenvalue weighted by Gasteiger charge is -2.40. The Bertz CT molecular complexity index is 295. The van der Waals surface area contributed by atoms with Gasteiger partial charge in [0.05, 0.1) is 5.60 Å². The minimum Gasteiger partial charge on any atom is -0.363 e.